The van der Waals surface area contributed by atoms with E-state index in [9.17, 15) is 14.4 Å². The standard InChI is InChI=1S/C29H45N5O6Si/c1-29(2,3)40-28(37)32-23-17-25(35)33(4)13-9-10-20-16-21(30-27(36)38-5)11-12-22(20)24-18-34(26(23)31-24)19-39-14-15-41(6,7)8/h11-12,16,18,23H,9-10,13-15,17,19H2,1-8H3,(H,30,36)(H,32,37). The number of carbonyl (C=O) groups is 3. The Hall–Kier alpha value is -3.38. The van der Waals surface area contributed by atoms with Crippen LogP contribution in [0.25, 0.3) is 11.3 Å². The molecule has 12 heteroatoms. The molecule has 0 fully saturated rings. The third-order valence-corrected chi connectivity index (χ3v) is 8.30. The van der Waals surface area contributed by atoms with E-state index in [1.54, 1.807) is 38.8 Å². The third kappa shape index (κ3) is 9.89. The number of fused-ring (bicyclic) bond motifs is 4. The predicted octanol–water partition coefficient (Wildman–Crippen LogP) is 5.40. The van der Waals surface area contributed by atoms with Gasteiger partial charge < -0.3 is 29.0 Å². The summed E-state index contributed by atoms with van der Waals surface area (Å²) < 4.78 is 18.2. The van der Waals surface area contributed by atoms with Crippen LogP contribution in [0.2, 0.25) is 25.7 Å². The summed E-state index contributed by atoms with van der Waals surface area (Å²) in [6.07, 6.45) is 2.11. The second-order valence-electron chi connectivity index (χ2n) is 12.6. The van der Waals surface area contributed by atoms with Gasteiger partial charge in [-0.1, -0.05) is 25.7 Å². The number of aryl methyl sites for hydroxylation is 1. The zero-order valence-corrected chi connectivity index (χ0v) is 26.6. The highest BCUT2D eigenvalue weighted by molar-refractivity contribution is 6.76. The first-order chi connectivity index (χ1) is 19.1. The number of aromatic nitrogens is 2. The van der Waals surface area contributed by atoms with Crippen LogP contribution in [0.5, 0.6) is 0 Å². The number of ether oxygens (including phenoxy) is 3. The minimum Gasteiger partial charge on any atom is -0.453 e. The van der Waals surface area contributed by atoms with E-state index in [0.717, 1.165) is 17.2 Å². The van der Waals surface area contributed by atoms with E-state index in [1.165, 1.54) is 7.11 Å². The smallest absolute Gasteiger partial charge is 0.411 e. The molecule has 0 saturated heterocycles. The van der Waals surface area contributed by atoms with Gasteiger partial charge in [0.15, 0.2) is 0 Å². The SMILES string of the molecule is COC(=O)Nc1ccc2c(c1)CCCN(C)C(=O)CC(NC(=O)OC(C)(C)C)c1nc-2cn1COCC[Si](C)(C)C. The fraction of sp³-hybridized carbons (Fsp3) is 0.586. The van der Waals surface area contributed by atoms with Gasteiger partial charge in [0.05, 0.1) is 25.3 Å². The van der Waals surface area contributed by atoms with Gasteiger partial charge in [-0.05, 0) is 57.4 Å². The Labute approximate surface area is 243 Å². The van der Waals surface area contributed by atoms with Crippen LogP contribution in [0, 0.1) is 0 Å². The Bertz CT molecular complexity index is 1230. The van der Waals surface area contributed by atoms with Crippen molar-refractivity contribution in [3.63, 3.8) is 0 Å². The molecule has 11 nitrogen and oxygen atoms in total. The quantitative estimate of drug-likeness (QED) is 0.328. The number of rotatable bonds is 7. The molecule has 0 aliphatic carbocycles. The maximum Gasteiger partial charge on any atom is 0.411 e. The average molecular weight is 588 g/mol. The molecule has 0 saturated carbocycles. The molecule has 1 aromatic carbocycles. The number of methoxy groups -OCH3 is 1. The van der Waals surface area contributed by atoms with Gasteiger partial charge in [0, 0.05) is 45.7 Å². The van der Waals surface area contributed by atoms with Gasteiger partial charge in [-0.15, -0.1) is 0 Å². The predicted molar refractivity (Wildman–Crippen MR) is 160 cm³/mol. The van der Waals surface area contributed by atoms with Crippen LogP contribution < -0.4 is 10.6 Å². The zero-order valence-electron chi connectivity index (χ0n) is 25.6. The van der Waals surface area contributed by atoms with Crippen molar-refractivity contribution in [3.8, 4) is 11.3 Å². The molecule has 1 unspecified atom stereocenters. The number of imidazole rings is 1. The fourth-order valence-corrected chi connectivity index (χ4v) is 5.16. The van der Waals surface area contributed by atoms with E-state index in [0.29, 0.717) is 43.2 Å². The van der Waals surface area contributed by atoms with Gasteiger partial charge in [0.2, 0.25) is 5.91 Å². The second kappa shape index (κ2) is 13.5. The maximum atomic E-state index is 13.3. The lowest BCUT2D eigenvalue weighted by Gasteiger charge is -2.25. The largest absolute Gasteiger partial charge is 0.453 e. The summed E-state index contributed by atoms with van der Waals surface area (Å²) in [6.45, 7) is 13.6. The van der Waals surface area contributed by atoms with Gasteiger partial charge in [-0.3, -0.25) is 10.1 Å². The number of benzene rings is 1. The van der Waals surface area contributed by atoms with E-state index in [1.807, 2.05) is 22.9 Å². The fourth-order valence-electron chi connectivity index (χ4n) is 4.40. The van der Waals surface area contributed by atoms with Crippen molar-refractivity contribution in [1.82, 2.24) is 19.8 Å². The summed E-state index contributed by atoms with van der Waals surface area (Å²) in [6, 6.07) is 5.89. The molecule has 0 spiro atoms. The molecule has 1 atom stereocenters. The lowest BCUT2D eigenvalue weighted by Crippen LogP contribution is -2.39. The molecule has 3 amide bonds. The molecular formula is C29H45N5O6Si. The van der Waals surface area contributed by atoms with Crippen molar-refractivity contribution in [2.45, 2.75) is 84.1 Å². The topological polar surface area (TPSA) is 124 Å². The normalized spacial score (nSPS) is 16.2. The molecule has 2 bridgehead atoms. The monoisotopic (exact) mass is 587 g/mol. The molecule has 0 radical (unpaired) electrons. The number of nitrogens with one attached hydrogen (secondary N) is 2. The Morgan fingerprint density at radius 1 is 1.17 bits per heavy atom. The summed E-state index contributed by atoms with van der Waals surface area (Å²) in [7, 11) is 1.78. The summed E-state index contributed by atoms with van der Waals surface area (Å²) in [5.41, 5.74) is 2.45. The molecule has 1 aromatic heterocycles. The summed E-state index contributed by atoms with van der Waals surface area (Å²) in [4.78, 5) is 44.6. The minimum absolute atomic E-state index is 0.0238. The van der Waals surface area contributed by atoms with Gasteiger partial charge in [0.25, 0.3) is 0 Å². The molecular weight excluding hydrogens is 542 g/mol. The highest BCUT2D eigenvalue weighted by atomic mass is 28.3. The summed E-state index contributed by atoms with van der Waals surface area (Å²) in [5, 5.41) is 5.61. The summed E-state index contributed by atoms with van der Waals surface area (Å²) >= 11 is 0. The number of hydrogen-bond donors (Lipinski definition) is 2. The van der Waals surface area contributed by atoms with Crippen molar-refractivity contribution in [1.29, 1.82) is 0 Å². The van der Waals surface area contributed by atoms with Crippen molar-refractivity contribution in [3.05, 3.63) is 35.8 Å². The molecule has 1 aliphatic rings. The maximum absolute atomic E-state index is 13.3. The first-order valence-electron chi connectivity index (χ1n) is 14.0. The van der Waals surface area contributed by atoms with E-state index < -0.39 is 31.9 Å². The second-order valence-corrected chi connectivity index (χ2v) is 18.2. The molecule has 1 aliphatic heterocycles. The lowest BCUT2D eigenvalue weighted by molar-refractivity contribution is -0.130. The molecule has 226 valence electrons. The van der Waals surface area contributed by atoms with Crippen molar-refractivity contribution in [2.24, 2.45) is 0 Å². The van der Waals surface area contributed by atoms with Crippen LogP contribution in [0.15, 0.2) is 24.4 Å². The zero-order chi connectivity index (χ0) is 30.4. The number of hydrogen-bond acceptors (Lipinski definition) is 7. The lowest BCUT2D eigenvalue weighted by atomic mass is 9.99. The van der Waals surface area contributed by atoms with E-state index in [4.69, 9.17) is 19.2 Å². The average Bonchev–Trinajstić information content (AvgIpc) is 3.28. The van der Waals surface area contributed by atoms with Gasteiger partial charge >= 0.3 is 12.2 Å². The molecule has 2 heterocycles. The highest BCUT2D eigenvalue weighted by Crippen LogP contribution is 2.31. The van der Waals surface area contributed by atoms with E-state index in [-0.39, 0.29) is 19.1 Å². The molecule has 2 aromatic rings. The molecule has 41 heavy (non-hydrogen) atoms. The Kier molecular flexibility index (Phi) is 10.6. The van der Waals surface area contributed by atoms with Crippen LogP contribution in [0.3, 0.4) is 0 Å². The Balaban J connectivity index is 2.06. The van der Waals surface area contributed by atoms with Gasteiger partial charge in [-0.25, -0.2) is 14.6 Å². The number of alkyl carbamates (subject to hydrolysis) is 1. The van der Waals surface area contributed by atoms with Gasteiger partial charge in [-0.2, -0.15) is 0 Å². The van der Waals surface area contributed by atoms with Crippen LogP contribution in [-0.2, 0) is 32.2 Å². The van der Waals surface area contributed by atoms with Crippen LogP contribution in [0.1, 0.15) is 51.0 Å². The molecule has 2 N–H and O–H groups in total. The summed E-state index contributed by atoms with van der Waals surface area (Å²) in [5.74, 6) is 0.382. The molecule has 3 rings (SSSR count). The minimum atomic E-state index is -1.30. The van der Waals surface area contributed by atoms with Crippen molar-refractivity contribution >= 4 is 31.9 Å². The van der Waals surface area contributed by atoms with Gasteiger partial charge in [0.1, 0.15) is 18.2 Å². The van der Waals surface area contributed by atoms with Crippen molar-refractivity contribution in [2.75, 3.05) is 32.6 Å². The first-order valence-corrected chi connectivity index (χ1v) is 17.7. The number of amides is 3. The Morgan fingerprint density at radius 3 is 2.56 bits per heavy atom. The number of anilines is 1. The highest BCUT2D eigenvalue weighted by Gasteiger charge is 2.29. The number of carbonyl (C=O) groups excluding carboxylic acids is 3. The number of nitrogens with zero attached hydrogens (tertiary/aromatic N) is 3. The first kappa shape index (κ1) is 32.1. The van der Waals surface area contributed by atoms with Crippen molar-refractivity contribution < 1.29 is 28.6 Å². The van der Waals surface area contributed by atoms with E-state index in [2.05, 4.69) is 30.3 Å². The van der Waals surface area contributed by atoms with Crippen LogP contribution >= 0.6 is 0 Å². The van der Waals surface area contributed by atoms with Crippen LogP contribution in [0.4, 0.5) is 15.3 Å². The van der Waals surface area contributed by atoms with E-state index >= 15 is 0 Å². The van der Waals surface area contributed by atoms with Crippen LogP contribution in [-0.4, -0.2) is 73.5 Å². The Morgan fingerprint density at radius 2 is 1.90 bits per heavy atom. The third-order valence-electron chi connectivity index (χ3n) is 6.59.